The van der Waals surface area contributed by atoms with E-state index < -0.39 is 0 Å². The lowest BCUT2D eigenvalue weighted by Gasteiger charge is -2.01. The van der Waals surface area contributed by atoms with E-state index in [1.54, 1.807) is 18.3 Å². The van der Waals surface area contributed by atoms with E-state index in [2.05, 4.69) is 15.1 Å². The zero-order valence-corrected chi connectivity index (χ0v) is 9.87. The van der Waals surface area contributed by atoms with Gasteiger partial charge in [-0.15, -0.1) is 0 Å². The van der Waals surface area contributed by atoms with Crippen molar-refractivity contribution < 1.29 is 9.26 Å². The third kappa shape index (κ3) is 2.33. The summed E-state index contributed by atoms with van der Waals surface area (Å²) in [5, 5.41) is 3.98. The summed E-state index contributed by atoms with van der Waals surface area (Å²) >= 11 is 0. The molecule has 3 rings (SSSR count). The van der Waals surface area contributed by atoms with E-state index in [1.807, 2.05) is 0 Å². The van der Waals surface area contributed by atoms with E-state index in [0.717, 1.165) is 37.4 Å². The molecule has 1 aliphatic heterocycles. The standard InChI is InChI=1S/C12H14N4O2/c13-10-6-9(1-3-14-10)12-15-11(16-18-12)5-8-2-4-17-7-8/h1,3,6,8H,2,4-5,7H2,(H2,13,14). The lowest BCUT2D eigenvalue weighted by Crippen LogP contribution is -2.04. The van der Waals surface area contributed by atoms with E-state index in [9.17, 15) is 0 Å². The summed E-state index contributed by atoms with van der Waals surface area (Å²) < 4.78 is 10.6. The second-order valence-corrected chi connectivity index (χ2v) is 4.42. The molecular formula is C12H14N4O2. The number of pyridine rings is 1. The van der Waals surface area contributed by atoms with Gasteiger partial charge in [-0.3, -0.25) is 0 Å². The van der Waals surface area contributed by atoms with Crippen LogP contribution in [0.2, 0.25) is 0 Å². The molecule has 1 fully saturated rings. The summed E-state index contributed by atoms with van der Waals surface area (Å²) in [6.07, 6.45) is 3.48. The van der Waals surface area contributed by atoms with Crippen LogP contribution in [-0.4, -0.2) is 28.3 Å². The van der Waals surface area contributed by atoms with Crippen molar-refractivity contribution >= 4 is 5.82 Å². The number of nitrogens with two attached hydrogens (primary N) is 1. The summed E-state index contributed by atoms with van der Waals surface area (Å²) in [5.41, 5.74) is 6.41. The van der Waals surface area contributed by atoms with Crippen LogP contribution >= 0.6 is 0 Å². The Hall–Kier alpha value is -1.95. The van der Waals surface area contributed by atoms with Crippen LogP contribution < -0.4 is 5.73 Å². The molecule has 2 aromatic heterocycles. The Morgan fingerprint density at radius 1 is 1.44 bits per heavy atom. The molecule has 2 N–H and O–H groups in total. The number of hydrogen-bond donors (Lipinski definition) is 1. The van der Waals surface area contributed by atoms with Gasteiger partial charge in [0.2, 0.25) is 0 Å². The summed E-state index contributed by atoms with van der Waals surface area (Å²) in [7, 11) is 0. The highest BCUT2D eigenvalue weighted by atomic mass is 16.5. The van der Waals surface area contributed by atoms with E-state index in [0.29, 0.717) is 17.6 Å². The third-order valence-electron chi connectivity index (χ3n) is 2.99. The van der Waals surface area contributed by atoms with Gasteiger partial charge in [0.1, 0.15) is 5.82 Å². The first-order valence-corrected chi connectivity index (χ1v) is 5.93. The Balaban J connectivity index is 1.76. The molecule has 0 spiro atoms. The van der Waals surface area contributed by atoms with Gasteiger partial charge in [-0.2, -0.15) is 4.98 Å². The van der Waals surface area contributed by atoms with Crippen molar-refractivity contribution in [2.45, 2.75) is 12.8 Å². The molecule has 1 unspecified atom stereocenters. The Labute approximate surface area is 104 Å². The number of anilines is 1. The molecular weight excluding hydrogens is 232 g/mol. The molecule has 1 atom stereocenters. The lowest BCUT2D eigenvalue weighted by molar-refractivity contribution is 0.185. The topological polar surface area (TPSA) is 87.1 Å². The van der Waals surface area contributed by atoms with Gasteiger partial charge < -0.3 is 15.0 Å². The maximum absolute atomic E-state index is 5.62. The van der Waals surface area contributed by atoms with Gasteiger partial charge in [-0.05, 0) is 24.5 Å². The van der Waals surface area contributed by atoms with Crippen molar-refractivity contribution in [3.63, 3.8) is 0 Å². The smallest absolute Gasteiger partial charge is 0.258 e. The van der Waals surface area contributed by atoms with Gasteiger partial charge >= 0.3 is 0 Å². The van der Waals surface area contributed by atoms with E-state index in [1.165, 1.54) is 0 Å². The fraction of sp³-hybridized carbons (Fsp3) is 0.417. The maximum Gasteiger partial charge on any atom is 0.258 e. The van der Waals surface area contributed by atoms with Gasteiger partial charge in [-0.1, -0.05) is 5.16 Å². The number of nitrogens with zero attached hydrogens (tertiary/aromatic N) is 3. The Bertz CT molecular complexity index is 534. The van der Waals surface area contributed by atoms with Crippen LogP contribution in [0.3, 0.4) is 0 Å². The number of aromatic nitrogens is 3. The fourth-order valence-corrected chi connectivity index (χ4v) is 2.04. The minimum Gasteiger partial charge on any atom is -0.384 e. The molecule has 0 saturated carbocycles. The Kier molecular flexibility index (Phi) is 2.93. The minimum absolute atomic E-state index is 0.441. The van der Waals surface area contributed by atoms with Crippen LogP contribution in [-0.2, 0) is 11.2 Å². The van der Waals surface area contributed by atoms with Gasteiger partial charge in [0.05, 0.1) is 0 Å². The minimum atomic E-state index is 0.441. The predicted molar refractivity (Wildman–Crippen MR) is 64.6 cm³/mol. The molecule has 6 heteroatoms. The summed E-state index contributed by atoms with van der Waals surface area (Å²) in [6, 6.07) is 3.52. The van der Waals surface area contributed by atoms with Crippen LogP contribution in [0.1, 0.15) is 12.2 Å². The largest absolute Gasteiger partial charge is 0.384 e. The van der Waals surface area contributed by atoms with Crippen molar-refractivity contribution in [1.29, 1.82) is 0 Å². The molecule has 1 saturated heterocycles. The molecule has 0 bridgehead atoms. The number of hydrogen-bond acceptors (Lipinski definition) is 6. The highest BCUT2D eigenvalue weighted by Gasteiger charge is 2.19. The first-order valence-electron chi connectivity index (χ1n) is 5.93. The van der Waals surface area contributed by atoms with Crippen LogP contribution in [0.25, 0.3) is 11.5 Å². The van der Waals surface area contributed by atoms with Gasteiger partial charge in [0, 0.05) is 31.4 Å². The maximum atomic E-state index is 5.62. The second-order valence-electron chi connectivity index (χ2n) is 4.42. The molecule has 0 aromatic carbocycles. The summed E-state index contributed by atoms with van der Waals surface area (Å²) in [4.78, 5) is 8.30. The normalized spacial score (nSPS) is 19.2. The van der Waals surface area contributed by atoms with E-state index >= 15 is 0 Å². The summed E-state index contributed by atoms with van der Waals surface area (Å²) in [6.45, 7) is 1.61. The fourth-order valence-electron chi connectivity index (χ4n) is 2.04. The molecule has 2 aromatic rings. The molecule has 0 radical (unpaired) electrons. The quantitative estimate of drug-likeness (QED) is 0.878. The van der Waals surface area contributed by atoms with Crippen molar-refractivity contribution in [2.24, 2.45) is 5.92 Å². The van der Waals surface area contributed by atoms with Gasteiger partial charge in [-0.25, -0.2) is 4.98 Å². The third-order valence-corrected chi connectivity index (χ3v) is 2.99. The van der Waals surface area contributed by atoms with Crippen molar-refractivity contribution in [1.82, 2.24) is 15.1 Å². The van der Waals surface area contributed by atoms with Crippen molar-refractivity contribution in [3.8, 4) is 11.5 Å². The predicted octanol–water partition coefficient (Wildman–Crippen LogP) is 1.29. The molecule has 94 valence electrons. The second kappa shape index (κ2) is 4.73. The molecule has 1 aliphatic rings. The van der Waals surface area contributed by atoms with Gasteiger partial charge in [0.25, 0.3) is 5.89 Å². The molecule has 3 heterocycles. The van der Waals surface area contributed by atoms with Crippen LogP contribution in [0.4, 0.5) is 5.82 Å². The van der Waals surface area contributed by atoms with Gasteiger partial charge in [0.15, 0.2) is 5.82 Å². The van der Waals surface area contributed by atoms with Crippen molar-refractivity contribution in [2.75, 3.05) is 18.9 Å². The van der Waals surface area contributed by atoms with E-state index in [-0.39, 0.29) is 0 Å². The van der Waals surface area contributed by atoms with Crippen LogP contribution in [0.5, 0.6) is 0 Å². The molecule has 6 nitrogen and oxygen atoms in total. The average Bonchev–Trinajstić information content (AvgIpc) is 3.01. The number of nitrogen functional groups attached to an aromatic ring is 1. The van der Waals surface area contributed by atoms with E-state index in [4.69, 9.17) is 15.0 Å². The zero-order valence-electron chi connectivity index (χ0n) is 9.87. The highest BCUT2D eigenvalue weighted by molar-refractivity contribution is 5.56. The highest BCUT2D eigenvalue weighted by Crippen LogP contribution is 2.21. The average molecular weight is 246 g/mol. The number of rotatable bonds is 3. The molecule has 18 heavy (non-hydrogen) atoms. The van der Waals surface area contributed by atoms with Crippen LogP contribution in [0, 0.1) is 5.92 Å². The van der Waals surface area contributed by atoms with Crippen LogP contribution in [0.15, 0.2) is 22.9 Å². The monoisotopic (exact) mass is 246 g/mol. The number of ether oxygens (including phenoxy) is 1. The molecule has 0 aliphatic carbocycles. The SMILES string of the molecule is Nc1cc(-c2nc(CC3CCOC3)no2)ccn1. The zero-order chi connectivity index (χ0) is 12.4. The summed E-state index contributed by atoms with van der Waals surface area (Å²) in [5.74, 6) is 2.14. The first kappa shape index (κ1) is 11.2. The first-order chi connectivity index (χ1) is 8.81. The Morgan fingerprint density at radius 2 is 2.39 bits per heavy atom. The molecule has 0 amide bonds. The lowest BCUT2D eigenvalue weighted by atomic mass is 10.1. The van der Waals surface area contributed by atoms with Crippen molar-refractivity contribution in [3.05, 3.63) is 24.2 Å². The Morgan fingerprint density at radius 3 is 3.17 bits per heavy atom.